The first-order valence-corrected chi connectivity index (χ1v) is 6.14. The normalized spacial score (nSPS) is 19.8. The van der Waals surface area contributed by atoms with Gasteiger partial charge in [-0.3, -0.25) is 4.79 Å². The number of hydrogen-bond donors (Lipinski definition) is 1. The maximum absolute atomic E-state index is 11.9. The van der Waals surface area contributed by atoms with Gasteiger partial charge in [-0.15, -0.1) is 11.7 Å². The number of hydrogen-bond acceptors (Lipinski definition) is 4. The average Bonchev–Trinajstić information content (AvgIpc) is 2.83. The highest BCUT2D eigenvalue weighted by molar-refractivity contribution is 5.76. The van der Waals surface area contributed by atoms with E-state index in [1.54, 1.807) is 6.08 Å². The minimum atomic E-state index is -0.542. The average molecular weight is 251 g/mol. The third-order valence-corrected chi connectivity index (χ3v) is 3.14. The van der Waals surface area contributed by atoms with Crippen LogP contribution in [0.2, 0.25) is 0 Å². The fraction of sp³-hybridized carbons (Fsp3) is 0.583. The van der Waals surface area contributed by atoms with Crippen LogP contribution >= 0.6 is 0 Å². The van der Waals surface area contributed by atoms with E-state index >= 15 is 0 Å². The van der Waals surface area contributed by atoms with Crippen molar-refractivity contribution in [1.82, 2.24) is 15.1 Å². The number of rotatable bonds is 4. The van der Waals surface area contributed by atoms with E-state index in [1.165, 1.54) is 0 Å². The maximum Gasteiger partial charge on any atom is 0.434 e. The van der Waals surface area contributed by atoms with Crippen molar-refractivity contribution in [3.63, 3.8) is 0 Å². The zero-order valence-electron chi connectivity index (χ0n) is 10.2. The van der Waals surface area contributed by atoms with E-state index < -0.39 is 5.76 Å². The summed E-state index contributed by atoms with van der Waals surface area (Å²) in [6.45, 7) is 4.95. The van der Waals surface area contributed by atoms with Crippen LogP contribution in [-0.2, 0) is 4.79 Å². The molecule has 1 aliphatic heterocycles. The third kappa shape index (κ3) is 2.88. The highest BCUT2D eigenvalue weighted by Gasteiger charge is 2.27. The molecule has 98 valence electrons. The van der Waals surface area contributed by atoms with Crippen molar-refractivity contribution in [3.8, 4) is 0 Å². The second-order valence-corrected chi connectivity index (χ2v) is 4.46. The molecule has 0 saturated carbocycles. The minimum absolute atomic E-state index is 0.0189. The number of nitrogens with zero attached hydrogens (tertiary/aromatic N) is 2. The first-order chi connectivity index (χ1) is 8.70. The van der Waals surface area contributed by atoms with Gasteiger partial charge < -0.3 is 9.32 Å². The summed E-state index contributed by atoms with van der Waals surface area (Å²) in [5, 5.41) is 6.09. The van der Waals surface area contributed by atoms with Crippen molar-refractivity contribution in [2.24, 2.45) is 0 Å². The lowest BCUT2D eigenvalue weighted by Crippen LogP contribution is -2.39. The van der Waals surface area contributed by atoms with E-state index in [-0.39, 0.29) is 11.8 Å². The fourth-order valence-corrected chi connectivity index (χ4v) is 2.20. The lowest BCUT2D eigenvalue weighted by molar-refractivity contribution is -0.132. The third-order valence-electron chi connectivity index (χ3n) is 3.14. The minimum Gasteiger partial charge on any atom is -0.392 e. The molecule has 1 saturated heterocycles. The van der Waals surface area contributed by atoms with Gasteiger partial charge in [0.1, 0.15) is 0 Å². The van der Waals surface area contributed by atoms with Gasteiger partial charge in [-0.05, 0) is 19.3 Å². The van der Waals surface area contributed by atoms with Gasteiger partial charge in [0.2, 0.25) is 11.8 Å². The van der Waals surface area contributed by atoms with Crippen LogP contribution < -0.4 is 5.76 Å². The van der Waals surface area contributed by atoms with Crippen molar-refractivity contribution in [2.45, 2.75) is 31.6 Å². The Labute approximate surface area is 105 Å². The summed E-state index contributed by atoms with van der Waals surface area (Å²) in [7, 11) is 0. The van der Waals surface area contributed by atoms with Crippen LogP contribution in [0, 0.1) is 0 Å². The van der Waals surface area contributed by atoms with Gasteiger partial charge >= 0.3 is 5.76 Å². The van der Waals surface area contributed by atoms with E-state index in [1.807, 2.05) is 4.90 Å². The molecule has 18 heavy (non-hydrogen) atoms. The lowest BCUT2D eigenvalue weighted by atomic mass is 9.97. The first kappa shape index (κ1) is 12.6. The van der Waals surface area contributed by atoms with Gasteiger partial charge in [0.25, 0.3) is 0 Å². The molecular formula is C12H17N3O3. The van der Waals surface area contributed by atoms with Gasteiger partial charge in [0.05, 0.1) is 5.92 Å². The molecule has 1 aromatic heterocycles. The van der Waals surface area contributed by atoms with Crippen LogP contribution in [0.5, 0.6) is 0 Å². The van der Waals surface area contributed by atoms with Gasteiger partial charge in [-0.1, -0.05) is 6.08 Å². The zero-order valence-corrected chi connectivity index (χ0v) is 10.2. The van der Waals surface area contributed by atoms with Crippen LogP contribution in [0.25, 0.3) is 0 Å². The molecule has 1 fully saturated rings. The summed E-state index contributed by atoms with van der Waals surface area (Å²) < 4.78 is 4.96. The highest BCUT2D eigenvalue weighted by Crippen LogP contribution is 2.25. The molecule has 1 amide bonds. The van der Waals surface area contributed by atoms with Crippen molar-refractivity contribution in [2.75, 3.05) is 13.1 Å². The number of likely N-dealkylation sites (tertiary alicyclic amines) is 1. The molecular weight excluding hydrogens is 234 g/mol. The molecule has 1 aliphatic rings. The largest absolute Gasteiger partial charge is 0.434 e. The molecule has 6 heteroatoms. The molecule has 2 heterocycles. The van der Waals surface area contributed by atoms with Gasteiger partial charge in [0.15, 0.2) is 0 Å². The topological polar surface area (TPSA) is 79.2 Å². The maximum atomic E-state index is 11.9. The van der Waals surface area contributed by atoms with Crippen molar-refractivity contribution in [3.05, 3.63) is 29.1 Å². The van der Waals surface area contributed by atoms with Crippen LogP contribution in [-0.4, -0.2) is 34.1 Å². The Bertz CT molecular complexity index is 477. The van der Waals surface area contributed by atoms with Gasteiger partial charge in [-0.25, -0.2) is 9.89 Å². The van der Waals surface area contributed by atoms with Gasteiger partial charge in [0, 0.05) is 19.5 Å². The molecule has 2 rings (SSSR count). The Balaban J connectivity index is 1.98. The summed E-state index contributed by atoms with van der Waals surface area (Å²) in [5.74, 6) is 0.00388. The Morgan fingerprint density at radius 3 is 3.17 bits per heavy atom. The quantitative estimate of drug-likeness (QED) is 0.811. The second kappa shape index (κ2) is 5.66. The summed E-state index contributed by atoms with van der Waals surface area (Å²) >= 11 is 0. The van der Waals surface area contributed by atoms with Crippen LogP contribution in [0.4, 0.5) is 0 Å². The molecule has 0 bridgehead atoms. The Kier molecular flexibility index (Phi) is 3.96. The fourth-order valence-electron chi connectivity index (χ4n) is 2.20. The summed E-state index contributed by atoms with van der Waals surface area (Å²) in [4.78, 5) is 24.6. The number of nitrogens with one attached hydrogen (secondary N) is 1. The molecule has 1 atom stereocenters. The van der Waals surface area contributed by atoms with E-state index in [0.29, 0.717) is 25.3 Å². The predicted octanol–water partition coefficient (Wildman–Crippen LogP) is 1.04. The number of piperidine rings is 1. The first-order valence-electron chi connectivity index (χ1n) is 6.14. The second-order valence-electron chi connectivity index (χ2n) is 4.46. The molecule has 0 aliphatic carbocycles. The summed E-state index contributed by atoms with van der Waals surface area (Å²) in [6.07, 6.45) is 4.71. The SMILES string of the molecule is C=CCCC(=O)N1CCCC(c2n[nH]c(=O)o2)C1. The molecule has 1 N–H and O–H groups in total. The Morgan fingerprint density at radius 1 is 1.67 bits per heavy atom. The number of amides is 1. The van der Waals surface area contributed by atoms with E-state index in [0.717, 1.165) is 19.4 Å². The molecule has 1 aromatic rings. The van der Waals surface area contributed by atoms with Crippen LogP contribution in [0.1, 0.15) is 37.5 Å². The molecule has 0 radical (unpaired) electrons. The lowest BCUT2D eigenvalue weighted by Gasteiger charge is -2.31. The Morgan fingerprint density at radius 2 is 2.50 bits per heavy atom. The smallest absolute Gasteiger partial charge is 0.392 e. The van der Waals surface area contributed by atoms with Crippen LogP contribution in [0.15, 0.2) is 21.9 Å². The number of aromatic nitrogens is 2. The molecule has 0 spiro atoms. The number of aromatic amines is 1. The molecule has 6 nitrogen and oxygen atoms in total. The van der Waals surface area contributed by atoms with Crippen molar-refractivity contribution < 1.29 is 9.21 Å². The number of allylic oxidation sites excluding steroid dienone is 1. The number of H-pyrrole nitrogens is 1. The van der Waals surface area contributed by atoms with Crippen molar-refractivity contribution in [1.29, 1.82) is 0 Å². The predicted molar refractivity (Wildman–Crippen MR) is 65.1 cm³/mol. The number of carbonyl (C=O) groups is 1. The summed E-state index contributed by atoms with van der Waals surface area (Å²) in [5.41, 5.74) is 0. The monoisotopic (exact) mass is 251 g/mol. The molecule has 0 aromatic carbocycles. The molecule has 1 unspecified atom stereocenters. The van der Waals surface area contributed by atoms with E-state index in [9.17, 15) is 9.59 Å². The standard InChI is InChI=1S/C12H17N3O3/c1-2-3-6-10(16)15-7-4-5-9(8-15)11-13-14-12(17)18-11/h2,9H,1,3-8H2,(H,14,17). The zero-order chi connectivity index (χ0) is 13.0. The van der Waals surface area contributed by atoms with Gasteiger partial charge in [-0.2, -0.15) is 0 Å². The highest BCUT2D eigenvalue weighted by atomic mass is 16.4. The number of carbonyl (C=O) groups excluding carboxylic acids is 1. The van der Waals surface area contributed by atoms with Crippen molar-refractivity contribution >= 4 is 5.91 Å². The Hall–Kier alpha value is -1.85. The van der Waals surface area contributed by atoms with E-state index in [4.69, 9.17) is 4.42 Å². The summed E-state index contributed by atoms with van der Waals surface area (Å²) in [6, 6.07) is 0. The van der Waals surface area contributed by atoms with E-state index in [2.05, 4.69) is 16.8 Å². The van der Waals surface area contributed by atoms with Crippen LogP contribution in [0.3, 0.4) is 0 Å².